The van der Waals surface area contributed by atoms with Gasteiger partial charge >= 0.3 is 0 Å². The molecule has 0 heterocycles. The molecule has 0 unspecified atom stereocenters. The van der Waals surface area contributed by atoms with E-state index in [1.807, 2.05) is 31.2 Å². The summed E-state index contributed by atoms with van der Waals surface area (Å²) in [4.78, 5) is 12.0. The molecule has 2 N–H and O–H groups in total. The number of rotatable bonds is 5. The molecule has 1 amide bonds. The number of aryl methyl sites for hydroxylation is 1. The fraction of sp³-hybridized carbons (Fsp3) is 0.562. The van der Waals surface area contributed by atoms with E-state index in [4.69, 9.17) is 4.74 Å². The molecule has 4 nitrogen and oxygen atoms in total. The summed E-state index contributed by atoms with van der Waals surface area (Å²) in [7, 11) is 0. The van der Waals surface area contributed by atoms with Crippen molar-refractivity contribution in [2.45, 2.75) is 44.6 Å². The maximum atomic E-state index is 12.0. The van der Waals surface area contributed by atoms with Crippen molar-refractivity contribution in [3.05, 3.63) is 29.8 Å². The van der Waals surface area contributed by atoms with E-state index in [2.05, 4.69) is 5.32 Å². The van der Waals surface area contributed by atoms with E-state index in [-0.39, 0.29) is 19.1 Å². The molecule has 0 radical (unpaired) electrons. The number of hydrogen-bond donors (Lipinski definition) is 2. The number of ether oxygens (including phenoxy) is 1. The van der Waals surface area contributed by atoms with Gasteiger partial charge in [-0.05, 0) is 37.5 Å². The van der Waals surface area contributed by atoms with Crippen LogP contribution in [0.5, 0.6) is 5.75 Å². The molecule has 0 spiro atoms. The van der Waals surface area contributed by atoms with Crippen molar-refractivity contribution in [3.63, 3.8) is 0 Å². The SMILES string of the molecule is Cc1cccc(OCC(=O)NC2(CO)CCCCC2)c1. The molecule has 0 saturated heterocycles. The molecule has 1 saturated carbocycles. The van der Waals surface area contributed by atoms with E-state index in [0.717, 1.165) is 31.2 Å². The standard InChI is InChI=1S/C16H23NO3/c1-13-6-5-7-14(10-13)20-11-15(19)17-16(12-18)8-3-2-4-9-16/h5-7,10,18H,2-4,8-9,11-12H2,1H3,(H,17,19). The molecule has 2 rings (SSSR count). The minimum atomic E-state index is -0.439. The second-order valence-corrected chi connectivity index (χ2v) is 5.65. The fourth-order valence-electron chi connectivity index (χ4n) is 2.74. The monoisotopic (exact) mass is 277 g/mol. The highest BCUT2D eigenvalue weighted by Crippen LogP contribution is 2.27. The van der Waals surface area contributed by atoms with Gasteiger partial charge in [-0.3, -0.25) is 4.79 Å². The summed E-state index contributed by atoms with van der Waals surface area (Å²) in [6.45, 7) is 1.98. The van der Waals surface area contributed by atoms with Crippen molar-refractivity contribution in [1.29, 1.82) is 0 Å². The van der Waals surface area contributed by atoms with E-state index >= 15 is 0 Å². The lowest BCUT2D eigenvalue weighted by Crippen LogP contribution is -2.53. The van der Waals surface area contributed by atoms with Crippen LogP contribution in [0, 0.1) is 6.92 Å². The second kappa shape index (κ2) is 6.75. The second-order valence-electron chi connectivity index (χ2n) is 5.65. The molecule has 1 aliphatic carbocycles. The van der Waals surface area contributed by atoms with Crippen molar-refractivity contribution in [1.82, 2.24) is 5.32 Å². The van der Waals surface area contributed by atoms with Gasteiger partial charge in [0, 0.05) is 0 Å². The van der Waals surface area contributed by atoms with Gasteiger partial charge in [0.1, 0.15) is 5.75 Å². The van der Waals surface area contributed by atoms with E-state index in [1.54, 1.807) is 0 Å². The van der Waals surface area contributed by atoms with Crippen molar-refractivity contribution >= 4 is 5.91 Å². The van der Waals surface area contributed by atoms with Gasteiger partial charge in [-0.25, -0.2) is 0 Å². The van der Waals surface area contributed by atoms with Gasteiger partial charge < -0.3 is 15.2 Å². The first kappa shape index (κ1) is 14.9. The third-order valence-corrected chi connectivity index (χ3v) is 3.88. The summed E-state index contributed by atoms with van der Waals surface area (Å²) in [6.07, 6.45) is 4.98. The Kier molecular flexibility index (Phi) is 5.01. The third kappa shape index (κ3) is 3.97. The predicted molar refractivity (Wildman–Crippen MR) is 77.7 cm³/mol. The third-order valence-electron chi connectivity index (χ3n) is 3.88. The van der Waals surface area contributed by atoms with Gasteiger partial charge in [-0.2, -0.15) is 0 Å². The Hall–Kier alpha value is -1.55. The fourth-order valence-corrected chi connectivity index (χ4v) is 2.74. The first-order valence-electron chi connectivity index (χ1n) is 7.25. The number of amides is 1. The van der Waals surface area contributed by atoms with Crippen LogP contribution >= 0.6 is 0 Å². The Bertz CT molecular complexity index is 453. The molecule has 0 aliphatic heterocycles. The van der Waals surface area contributed by atoms with Crippen LogP contribution < -0.4 is 10.1 Å². The number of hydrogen-bond acceptors (Lipinski definition) is 3. The molecule has 1 aromatic carbocycles. The Labute approximate surface area is 120 Å². The summed E-state index contributed by atoms with van der Waals surface area (Å²) in [5.41, 5.74) is 0.660. The van der Waals surface area contributed by atoms with Crippen molar-refractivity contribution in [3.8, 4) is 5.75 Å². The zero-order chi connectivity index (χ0) is 14.4. The smallest absolute Gasteiger partial charge is 0.258 e. The Morgan fingerprint density at radius 3 is 2.75 bits per heavy atom. The molecule has 0 aromatic heterocycles. The average Bonchev–Trinajstić information content (AvgIpc) is 2.46. The van der Waals surface area contributed by atoms with Gasteiger partial charge in [0.15, 0.2) is 6.61 Å². The van der Waals surface area contributed by atoms with Crippen LogP contribution in [0.15, 0.2) is 24.3 Å². The minimum Gasteiger partial charge on any atom is -0.484 e. The molecule has 1 fully saturated rings. The molecule has 20 heavy (non-hydrogen) atoms. The number of aliphatic hydroxyl groups is 1. The highest BCUT2D eigenvalue weighted by atomic mass is 16.5. The molecular weight excluding hydrogens is 254 g/mol. The van der Waals surface area contributed by atoms with Gasteiger partial charge in [0.05, 0.1) is 12.1 Å². The Balaban J connectivity index is 1.85. The van der Waals surface area contributed by atoms with Crippen LogP contribution in [0.2, 0.25) is 0 Å². The van der Waals surface area contributed by atoms with Crippen LogP contribution in [-0.2, 0) is 4.79 Å². The molecule has 0 bridgehead atoms. The molecular formula is C16H23NO3. The highest BCUT2D eigenvalue weighted by molar-refractivity contribution is 5.78. The number of carbonyl (C=O) groups excluding carboxylic acids is 1. The first-order chi connectivity index (χ1) is 9.63. The van der Waals surface area contributed by atoms with Crippen LogP contribution in [0.3, 0.4) is 0 Å². The van der Waals surface area contributed by atoms with Crippen LogP contribution in [-0.4, -0.2) is 29.8 Å². The maximum Gasteiger partial charge on any atom is 0.258 e. The van der Waals surface area contributed by atoms with E-state index in [9.17, 15) is 9.90 Å². The normalized spacial score (nSPS) is 17.5. The lowest BCUT2D eigenvalue weighted by Gasteiger charge is -2.36. The van der Waals surface area contributed by atoms with Gasteiger partial charge in [-0.1, -0.05) is 31.4 Å². The Morgan fingerprint density at radius 1 is 1.35 bits per heavy atom. The zero-order valence-electron chi connectivity index (χ0n) is 12.0. The average molecular weight is 277 g/mol. The molecule has 110 valence electrons. The number of benzene rings is 1. The van der Waals surface area contributed by atoms with Crippen molar-refractivity contribution in [2.24, 2.45) is 0 Å². The first-order valence-corrected chi connectivity index (χ1v) is 7.25. The highest BCUT2D eigenvalue weighted by Gasteiger charge is 2.32. The molecule has 4 heteroatoms. The molecule has 1 aromatic rings. The molecule has 0 atom stereocenters. The zero-order valence-corrected chi connectivity index (χ0v) is 12.0. The van der Waals surface area contributed by atoms with Gasteiger partial charge in [-0.15, -0.1) is 0 Å². The quantitative estimate of drug-likeness (QED) is 0.867. The summed E-state index contributed by atoms with van der Waals surface area (Å²) < 4.78 is 5.49. The summed E-state index contributed by atoms with van der Waals surface area (Å²) >= 11 is 0. The lowest BCUT2D eigenvalue weighted by molar-refractivity contribution is -0.126. The van der Waals surface area contributed by atoms with Crippen LogP contribution in [0.4, 0.5) is 0 Å². The van der Waals surface area contributed by atoms with Crippen molar-refractivity contribution < 1.29 is 14.6 Å². The topological polar surface area (TPSA) is 58.6 Å². The number of nitrogens with one attached hydrogen (secondary N) is 1. The maximum absolute atomic E-state index is 12.0. The Morgan fingerprint density at radius 2 is 2.10 bits per heavy atom. The largest absolute Gasteiger partial charge is 0.484 e. The van der Waals surface area contributed by atoms with E-state index < -0.39 is 5.54 Å². The van der Waals surface area contributed by atoms with Gasteiger partial charge in [0.2, 0.25) is 0 Å². The van der Waals surface area contributed by atoms with E-state index in [0.29, 0.717) is 5.75 Å². The summed E-state index contributed by atoms with van der Waals surface area (Å²) in [5.74, 6) is 0.532. The number of carbonyl (C=O) groups is 1. The molecule has 1 aliphatic rings. The minimum absolute atomic E-state index is 0.00316. The lowest BCUT2D eigenvalue weighted by atomic mass is 9.82. The predicted octanol–water partition coefficient (Wildman–Crippen LogP) is 2.19. The van der Waals surface area contributed by atoms with Crippen LogP contribution in [0.1, 0.15) is 37.7 Å². The van der Waals surface area contributed by atoms with Crippen LogP contribution in [0.25, 0.3) is 0 Å². The van der Waals surface area contributed by atoms with Crippen molar-refractivity contribution in [2.75, 3.05) is 13.2 Å². The summed E-state index contributed by atoms with van der Waals surface area (Å²) in [6, 6.07) is 7.62. The van der Waals surface area contributed by atoms with Gasteiger partial charge in [0.25, 0.3) is 5.91 Å². The van der Waals surface area contributed by atoms with E-state index in [1.165, 1.54) is 6.42 Å². The summed E-state index contributed by atoms with van der Waals surface area (Å²) in [5, 5.41) is 12.5. The number of aliphatic hydroxyl groups excluding tert-OH is 1.